The predicted molar refractivity (Wildman–Crippen MR) is 130 cm³/mol. The van der Waals surface area contributed by atoms with E-state index in [0.29, 0.717) is 17.1 Å². The molecular weight excluding hydrogens is 448 g/mol. The van der Waals surface area contributed by atoms with Crippen molar-refractivity contribution in [3.63, 3.8) is 0 Å². The summed E-state index contributed by atoms with van der Waals surface area (Å²) in [5.74, 6) is 0.147. The van der Waals surface area contributed by atoms with Crippen LogP contribution in [0.3, 0.4) is 0 Å². The summed E-state index contributed by atoms with van der Waals surface area (Å²) < 4.78 is 21.1. The van der Waals surface area contributed by atoms with Crippen molar-refractivity contribution in [2.24, 2.45) is 5.10 Å². The van der Waals surface area contributed by atoms with Gasteiger partial charge in [-0.3, -0.25) is 4.79 Å². The molecule has 0 fully saturated rings. The maximum Gasteiger partial charge on any atom is 0.379 e. The molecule has 3 aromatic carbocycles. The normalized spacial score (nSPS) is 10.7. The molecule has 0 saturated carbocycles. The van der Waals surface area contributed by atoms with Crippen LogP contribution >= 0.6 is 0 Å². The highest BCUT2D eigenvalue weighted by Crippen LogP contribution is 2.28. The van der Waals surface area contributed by atoms with Crippen LogP contribution in [-0.4, -0.2) is 31.8 Å². The zero-order valence-corrected chi connectivity index (χ0v) is 18.8. The number of furan rings is 1. The summed E-state index contributed by atoms with van der Waals surface area (Å²) in [5, 5.41) is 3.93. The zero-order valence-electron chi connectivity index (χ0n) is 18.8. The van der Waals surface area contributed by atoms with Crippen LogP contribution in [0, 0.1) is 0 Å². The molecule has 35 heavy (non-hydrogen) atoms. The van der Waals surface area contributed by atoms with E-state index >= 15 is 0 Å². The number of nitrogens with zero attached hydrogens (tertiary/aromatic N) is 1. The van der Waals surface area contributed by atoms with Gasteiger partial charge in [0.25, 0.3) is 5.91 Å². The Hall–Kier alpha value is -4.85. The lowest BCUT2D eigenvalue weighted by Gasteiger charge is -2.09. The Morgan fingerprint density at radius 1 is 0.914 bits per heavy atom. The van der Waals surface area contributed by atoms with Crippen molar-refractivity contribution in [1.82, 2.24) is 5.43 Å². The number of benzene rings is 3. The molecule has 0 spiro atoms. The van der Waals surface area contributed by atoms with Gasteiger partial charge in [-0.05, 0) is 59.2 Å². The maximum atomic E-state index is 12.1. The van der Waals surface area contributed by atoms with Crippen LogP contribution in [-0.2, 0) is 4.79 Å². The molecular formula is C27H22N2O6. The van der Waals surface area contributed by atoms with E-state index in [4.69, 9.17) is 18.6 Å². The van der Waals surface area contributed by atoms with Gasteiger partial charge in [0.15, 0.2) is 18.1 Å². The second kappa shape index (κ2) is 11.3. The average molecular weight is 470 g/mol. The van der Waals surface area contributed by atoms with Gasteiger partial charge in [-0.15, -0.1) is 0 Å². The third kappa shape index (κ3) is 6.35. The van der Waals surface area contributed by atoms with Gasteiger partial charge in [-0.2, -0.15) is 5.10 Å². The number of hydrogen-bond acceptors (Lipinski definition) is 7. The Labute approximate surface area is 201 Å². The summed E-state index contributed by atoms with van der Waals surface area (Å²) in [5.41, 5.74) is 5.19. The number of esters is 1. The van der Waals surface area contributed by atoms with Crippen molar-refractivity contribution >= 4 is 18.1 Å². The minimum absolute atomic E-state index is 0.0785. The highest BCUT2D eigenvalue weighted by Gasteiger charge is 2.15. The summed E-state index contributed by atoms with van der Waals surface area (Å²) in [6.45, 7) is -0.187. The molecule has 4 aromatic rings. The van der Waals surface area contributed by atoms with E-state index < -0.39 is 11.9 Å². The summed E-state index contributed by atoms with van der Waals surface area (Å²) in [7, 11) is 1.45. The second-order valence-corrected chi connectivity index (χ2v) is 7.25. The Balaban J connectivity index is 1.27. The molecule has 0 bridgehead atoms. The molecule has 1 N–H and O–H groups in total. The first-order valence-electron chi connectivity index (χ1n) is 10.7. The fourth-order valence-electron chi connectivity index (χ4n) is 3.13. The number of hydrogen-bond donors (Lipinski definition) is 1. The number of ether oxygens (including phenoxy) is 3. The molecule has 0 atom stereocenters. The quantitative estimate of drug-likeness (QED) is 0.165. The largest absolute Gasteiger partial charge is 0.493 e. The number of carbonyl (C=O) groups excluding carboxylic acids is 2. The van der Waals surface area contributed by atoms with Gasteiger partial charge in [0.05, 0.1) is 19.6 Å². The van der Waals surface area contributed by atoms with Gasteiger partial charge in [0.2, 0.25) is 5.76 Å². The van der Waals surface area contributed by atoms with E-state index in [-0.39, 0.29) is 18.1 Å². The molecule has 0 aliphatic rings. The summed E-state index contributed by atoms with van der Waals surface area (Å²) in [6, 6.07) is 25.4. The van der Waals surface area contributed by atoms with E-state index in [1.165, 1.54) is 25.7 Å². The minimum Gasteiger partial charge on any atom is -0.493 e. The SMILES string of the molecule is COc1cc(C=NNC(=O)COc2ccc(-c3ccccc3)cc2)ccc1OC(=O)c1ccco1. The monoisotopic (exact) mass is 470 g/mol. The first-order chi connectivity index (χ1) is 17.1. The van der Waals surface area contributed by atoms with Gasteiger partial charge in [0, 0.05) is 0 Å². The van der Waals surface area contributed by atoms with Gasteiger partial charge >= 0.3 is 5.97 Å². The highest BCUT2D eigenvalue weighted by molar-refractivity contribution is 5.89. The molecule has 1 aromatic heterocycles. The standard InChI is InChI=1S/C27H22N2O6/c1-32-25-16-19(9-14-23(25)35-27(31)24-8-5-15-33-24)17-28-29-26(30)18-34-22-12-10-21(11-13-22)20-6-3-2-4-7-20/h2-17H,18H2,1H3,(H,29,30). The number of hydrazone groups is 1. The van der Waals surface area contributed by atoms with E-state index in [1.807, 2.05) is 54.6 Å². The lowest BCUT2D eigenvalue weighted by atomic mass is 10.1. The molecule has 1 heterocycles. The van der Waals surface area contributed by atoms with Gasteiger partial charge in [-0.1, -0.05) is 42.5 Å². The molecule has 4 rings (SSSR count). The smallest absolute Gasteiger partial charge is 0.379 e. The van der Waals surface area contributed by atoms with Crippen LogP contribution in [0.15, 0.2) is 101 Å². The van der Waals surface area contributed by atoms with Crippen LogP contribution in [0.4, 0.5) is 0 Å². The van der Waals surface area contributed by atoms with Crippen LogP contribution < -0.4 is 19.6 Å². The van der Waals surface area contributed by atoms with Gasteiger partial charge in [-0.25, -0.2) is 10.2 Å². The topological polar surface area (TPSA) is 99.4 Å². The summed E-state index contributed by atoms with van der Waals surface area (Å²) >= 11 is 0. The number of methoxy groups -OCH3 is 1. The van der Waals surface area contributed by atoms with Crippen LogP contribution in [0.25, 0.3) is 11.1 Å². The van der Waals surface area contributed by atoms with Gasteiger partial charge in [0.1, 0.15) is 5.75 Å². The Bertz CT molecular complexity index is 1300. The molecule has 1 amide bonds. The Morgan fingerprint density at radius 3 is 2.40 bits per heavy atom. The highest BCUT2D eigenvalue weighted by atomic mass is 16.6. The Kier molecular flexibility index (Phi) is 7.55. The summed E-state index contributed by atoms with van der Waals surface area (Å²) in [4.78, 5) is 24.1. The first-order valence-corrected chi connectivity index (χ1v) is 10.7. The molecule has 0 unspecified atom stereocenters. The van der Waals surface area contributed by atoms with Crippen LogP contribution in [0.1, 0.15) is 16.1 Å². The molecule has 0 aliphatic carbocycles. The van der Waals surface area contributed by atoms with Crippen molar-refractivity contribution < 1.29 is 28.2 Å². The lowest BCUT2D eigenvalue weighted by molar-refractivity contribution is -0.123. The van der Waals surface area contributed by atoms with E-state index in [2.05, 4.69) is 10.5 Å². The van der Waals surface area contributed by atoms with Crippen molar-refractivity contribution in [3.05, 3.63) is 103 Å². The number of rotatable bonds is 9. The molecule has 0 aliphatic heterocycles. The lowest BCUT2D eigenvalue weighted by Crippen LogP contribution is -2.24. The van der Waals surface area contributed by atoms with E-state index in [0.717, 1.165) is 11.1 Å². The molecule has 8 nitrogen and oxygen atoms in total. The first kappa shape index (κ1) is 23.3. The van der Waals surface area contributed by atoms with Crippen molar-refractivity contribution in [2.75, 3.05) is 13.7 Å². The fraction of sp³-hybridized carbons (Fsp3) is 0.0741. The summed E-state index contributed by atoms with van der Waals surface area (Å²) in [6.07, 6.45) is 2.82. The molecule has 8 heteroatoms. The predicted octanol–water partition coefficient (Wildman–Crippen LogP) is 4.70. The third-order valence-corrected chi connectivity index (χ3v) is 4.85. The van der Waals surface area contributed by atoms with Crippen molar-refractivity contribution in [1.29, 1.82) is 0 Å². The molecule has 0 saturated heterocycles. The van der Waals surface area contributed by atoms with Crippen molar-refractivity contribution in [3.8, 4) is 28.4 Å². The molecule has 176 valence electrons. The second-order valence-electron chi connectivity index (χ2n) is 7.25. The van der Waals surface area contributed by atoms with E-state index in [9.17, 15) is 9.59 Å². The fourth-order valence-corrected chi connectivity index (χ4v) is 3.13. The van der Waals surface area contributed by atoms with E-state index in [1.54, 1.807) is 24.3 Å². The van der Waals surface area contributed by atoms with Gasteiger partial charge < -0.3 is 18.6 Å². The van der Waals surface area contributed by atoms with Crippen molar-refractivity contribution in [2.45, 2.75) is 0 Å². The average Bonchev–Trinajstić information content (AvgIpc) is 3.44. The van der Waals surface area contributed by atoms with Crippen LogP contribution in [0.2, 0.25) is 0 Å². The minimum atomic E-state index is -0.642. The number of amides is 1. The number of nitrogens with one attached hydrogen (secondary N) is 1. The maximum absolute atomic E-state index is 12.1. The molecule has 0 radical (unpaired) electrons. The number of carbonyl (C=O) groups is 2. The Morgan fingerprint density at radius 2 is 1.69 bits per heavy atom. The zero-order chi connectivity index (χ0) is 24.5. The third-order valence-electron chi connectivity index (χ3n) is 4.85. The van der Waals surface area contributed by atoms with Crippen LogP contribution in [0.5, 0.6) is 17.2 Å².